The number of carbonyl (C=O) groups excluding carboxylic acids is 1. The van der Waals surface area contributed by atoms with Crippen LogP contribution in [0.1, 0.15) is 22.6 Å². The Kier molecular flexibility index (Phi) is 5.47. The van der Waals surface area contributed by atoms with Gasteiger partial charge in [0.15, 0.2) is 0 Å². The van der Waals surface area contributed by atoms with Crippen LogP contribution >= 0.6 is 11.3 Å². The first-order chi connectivity index (χ1) is 11.6. The van der Waals surface area contributed by atoms with Gasteiger partial charge in [-0.1, -0.05) is 6.07 Å². The minimum absolute atomic E-state index is 0.0310. The lowest BCUT2D eigenvalue weighted by molar-refractivity contribution is 0.220. The molecule has 2 aromatic heterocycles. The number of nitrogens with one attached hydrogen (secondary N) is 3. The molecule has 1 aliphatic heterocycles. The fourth-order valence-electron chi connectivity index (χ4n) is 2.93. The number of carbonyl (C=O) groups is 1. The van der Waals surface area contributed by atoms with Crippen LogP contribution in [0.5, 0.6) is 0 Å². The lowest BCUT2D eigenvalue weighted by Crippen LogP contribution is -2.43. The van der Waals surface area contributed by atoms with Gasteiger partial charge in [0.1, 0.15) is 6.17 Å². The Hall–Kier alpha value is -1.93. The summed E-state index contributed by atoms with van der Waals surface area (Å²) in [6.07, 6.45) is 1.34. The van der Waals surface area contributed by atoms with Gasteiger partial charge in [0.25, 0.3) is 0 Å². The summed E-state index contributed by atoms with van der Waals surface area (Å²) in [7, 11) is 0. The largest absolute Gasteiger partial charge is 0.337 e. The molecule has 2 aromatic rings. The van der Waals surface area contributed by atoms with Crippen LogP contribution in [0.15, 0.2) is 23.7 Å². The van der Waals surface area contributed by atoms with Crippen LogP contribution < -0.4 is 10.6 Å². The third kappa shape index (κ3) is 4.33. The summed E-state index contributed by atoms with van der Waals surface area (Å²) in [4.78, 5) is 15.3. The molecule has 130 valence electrons. The lowest BCUT2D eigenvalue weighted by atomic mass is 10.2. The van der Waals surface area contributed by atoms with E-state index in [1.54, 1.807) is 17.5 Å². The second-order valence-corrected chi connectivity index (χ2v) is 7.11. The summed E-state index contributed by atoms with van der Waals surface area (Å²) in [5.74, 6) is 0. The number of thiophene rings is 1. The Labute approximate surface area is 144 Å². The molecule has 0 bridgehead atoms. The number of hydrogen-bond donors (Lipinski definition) is 3. The van der Waals surface area contributed by atoms with Crippen molar-refractivity contribution < 1.29 is 9.18 Å². The van der Waals surface area contributed by atoms with Gasteiger partial charge in [0.2, 0.25) is 0 Å². The molecule has 8 heteroatoms. The van der Waals surface area contributed by atoms with Crippen molar-refractivity contribution in [3.05, 3.63) is 39.8 Å². The fraction of sp³-hybridized carbons (Fsp3) is 0.500. The van der Waals surface area contributed by atoms with Gasteiger partial charge in [-0.15, -0.1) is 11.3 Å². The number of aryl methyl sites for hydroxylation is 1. The van der Waals surface area contributed by atoms with Gasteiger partial charge in [-0.05, 0) is 24.8 Å². The van der Waals surface area contributed by atoms with E-state index in [1.807, 2.05) is 18.4 Å². The van der Waals surface area contributed by atoms with Crippen LogP contribution in [0.25, 0.3) is 0 Å². The first-order valence-corrected chi connectivity index (χ1v) is 8.91. The number of likely N-dealkylation sites (tertiary alicyclic amines) is 1. The SMILES string of the molecule is Cc1[nH]ncc1CNC(=O)NC[C@@H]1C[C@H](F)CN1Cc1cccs1. The van der Waals surface area contributed by atoms with Crippen molar-refractivity contribution >= 4 is 17.4 Å². The minimum atomic E-state index is -0.826. The number of nitrogens with zero attached hydrogens (tertiary/aromatic N) is 2. The molecular formula is C16H22FN5OS. The zero-order chi connectivity index (χ0) is 16.9. The Bertz CT molecular complexity index is 659. The normalized spacial score (nSPS) is 21.1. The summed E-state index contributed by atoms with van der Waals surface area (Å²) in [5, 5.41) is 14.4. The van der Waals surface area contributed by atoms with E-state index in [-0.39, 0.29) is 12.1 Å². The van der Waals surface area contributed by atoms with Crippen molar-refractivity contribution in [1.82, 2.24) is 25.7 Å². The summed E-state index contributed by atoms with van der Waals surface area (Å²) < 4.78 is 13.8. The highest BCUT2D eigenvalue weighted by molar-refractivity contribution is 7.09. The third-order valence-electron chi connectivity index (χ3n) is 4.29. The Morgan fingerprint density at radius 1 is 1.54 bits per heavy atom. The summed E-state index contributed by atoms with van der Waals surface area (Å²) in [6.45, 7) is 3.94. The highest BCUT2D eigenvalue weighted by Gasteiger charge is 2.32. The van der Waals surface area contributed by atoms with Crippen molar-refractivity contribution in [2.24, 2.45) is 0 Å². The number of aromatic nitrogens is 2. The average molecular weight is 351 g/mol. The van der Waals surface area contributed by atoms with Crippen LogP contribution in [0.2, 0.25) is 0 Å². The third-order valence-corrected chi connectivity index (χ3v) is 5.15. The molecule has 2 amide bonds. The summed E-state index contributed by atoms with van der Waals surface area (Å²) >= 11 is 1.67. The molecule has 0 aromatic carbocycles. The standard InChI is InChI=1S/C16H22FN5OS/c1-11-12(7-20-21-11)6-18-16(23)19-8-14-5-13(17)9-22(14)10-15-3-2-4-24-15/h2-4,7,13-14H,5-6,8-10H2,1H3,(H,20,21)(H2,18,19,23)/t13-,14-/m0/s1. The van der Waals surface area contributed by atoms with E-state index >= 15 is 0 Å². The topological polar surface area (TPSA) is 73.0 Å². The van der Waals surface area contributed by atoms with Gasteiger partial charge in [0, 0.05) is 48.4 Å². The second-order valence-electron chi connectivity index (χ2n) is 6.08. The molecule has 3 heterocycles. The molecular weight excluding hydrogens is 329 g/mol. The maximum atomic E-state index is 13.8. The number of aromatic amines is 1. The molecule has 1 aliphatic rings. The Morgan fingerprint density at radius 2 is 2.42 bits per heavy atom. The van der Waals surface area contributed by atoms with E-state index in [0.29, 0.717) is 26.1 Å². The predicted molar refractivity (Wildman–Crippen MR) is 91.6 cm³/mol. The smallest absolute Gasteiger partial charge is 0.315 e. The van der Waals surface area contributed by atoms with E-state index in [9.17, 15) is 9.18 Å². The van der Waals surface area contributed by atoms with Gasteiger partial charge in [-0.2, -0.15) is 5.10 Å². The summed E-state index contributed by atoms with van der Waals surface area (Å²) in [6, 6.07) is 3.85. The average Bonchev–Trinajstić information content (AvgIpc) is 3.27. The van der Waals surface area contributed by atoms with Crippen molar-refractivity contribution in [1.29, 1.82) is 0 Å². The quantitative estimate of drug-likeness (QED) is 0.747. The van der Waals surface area contributed by atoms with E-state index < -0.39 is 6.17 Å². The molecule has 3 rings (SSSR count). The molecule has 0 unspecified atom stereocenters. The number of amides is 2. The van der Waals surface area contributed by atoms with Gasteiger partial charge in [-0.3, -0.25) is 10.00 Å². The zero-order valence-corrected chi connectivity index (χ0v) is 14.4. The van der Waals surface area contributed by atoms with Crippen LogP contribution in [0, 0.1) is 6.92 Å². The van der Waals surface area contributed by atoms with E-state index in [0.717, 1.165) is 17.8 Å². The monoisotopic (exact) mass is 351 g/mol. The molecule has 24 heavy (non-hydrogen) atoms. The van der Waals surface area contributed by atoms with Crippen molar-refractivity contribution in [3.63, 3.8) is 0 Å². The van der Waals surface area contributed by atoms with Crippen molar-refractivity contribution in [3.8, 4) is 0 Å². The number of hydrogen-bond acceptors (Lipinski definition) is 4. The number of rotatable bonds is 6. The molecule has 1 fully saturated rings. The molecule has 0 aliphatic carbocycles. The number of H-pyrrole nitrogens is 1. The molecule has 2 atom stereocenters. The van der Waals surface area contributed by atoms with Crippen LogP contribution in [-0.2, 0) is 13.1 Å². The van der Waals surface area contributed by atoms with E-state index in [2.05, 4.69) is 31.8 Å². The highest BCUT2D eigenvalue weighted by atomic mass is 32.1. The van der Waals surface area contributed by atoms with E-state index in [1.165, 1.54) is 4.88 Å². The lowest BCUT2D eigenvalue weighted by Gasteiger charge is -2.23. The van der Waals surface area contributed by atoms with Gasteiger partial charge in [0.05, 0.1) is 6.20 Å². The molecule has 0 radical (unpaired) electrons. The Morgan fingerprint density at radius 3 is 3.12 bits per heavy atom. The minimum Gasteiger partial charge on any atom is -0.337 e. The van der Waals surface area contributed by atoms with Crippen LogP contribution in [-0.4, -0.2) is 46.4 Å². The fourth-order valence-corrected chi connectivity index (χ4v) is 3.66. The van der Waals surface area contributed by atoms with Crippen molar-refractivity contribution in [2.45, 2.75) is 38.6 Å². The first-order valence-electron chi connectivity index (χ1n) is 8.03. The highest BCUT2D eigenvalue weighted by Crippen LogP contribution is 2.23. The van der Waals surface area contributed by atoms with E-state index in [4.69, 9.17) is 0 Å². The van der Waals surface area contributed by atoms with Gasteiger partial charge < -0.3 is 10.6 Å². The molecule has 1 saturated heterocycles. The number of halogens is 1. The first kappa shape index (κ1) is 16.9. The molecule has 6 nitrogen and oxygen atoms in total. The molecule has 0 spiro atoms. The second kappa shape index (κ2) is 7.76. The zero-order valence-electron chi connectivity index (χ0n) is 13.6. The van der Waals surface area contributed by atoms with Crippen LogP contribution in [0.4, 0.5) is 9.18 Å². The summed E-state index contributed by atoms with van der Waals surface area (Å²) in [5.41, 5.74) is 1.89. The van der Waals surface area contributed by atoms with Crippen molar-refractivity contribution in [2.75, 3.05) is 13.1 Å². The predicted octanol–water partition coefficient (Wildman–Crippen LogP) is 2.19. The number of urea groups is 1. The maximum Gasteiger partial charge on any atom is 0.315 e. The number of alkyl halides is 1. The Balaban J connectivity index is 1.45. The molecule has 0 saturated carbocycles. The van der Waals surface area contributed by atoms with Crippen LogP contribution in [0.3, 0.4) is 0 Å². The van der Waals surface area contributed by atoms with Gasteiger partial charge >= 0.3 is 6.03 Å². The maximum absolute atomic E-state index is 13.8. The van der Waals surface area contributed by atoms with Gasteiger partial charge in [-0.25, -0.2) is 9.18 Å². The molecule has 3 N–H and O–H groups in total.